The van der Waals surface area contributed by atoms with Crippen LogP contribution in [-0.4, -0.2) is 26.8 Å². The van der Waals surface area contributed by atoms with Gasteiger partial charge in [0.1, 0.15) is 0 Å². The maximum Gasteiger partial charge on any atom is 0.0633 e. The first-order chi connectivity index (χ1) is 7.83. The second-order valence-electron chi connectivity index (χ2n) is 4.29. The molecule has 88 valence electrons. The average molecular weight is 220 g/mol. The van der Waals surface area contributed by atoms with Gasteiger partial charge in [-0.05, 0) is 30.9 Å². The Balaban J connectivity index is 1.95. The van der Waals surface area contributed by atoms with Crippen molar-refractivity contribution in [2.75, 3.05) is 37.4 Å². The number of rotatable bonds is 5. The second kappa shape index (κ2) is 5.21. The second-order valence-corrected chi connectivity index (χ2v) is 4.29. The van der Waals surface area contributed by atoms with Crippen molar-refractivity contribution in [1.82, 2.24) is 0 Å². The largest absolute Gasteiger partial charge is 0.397 e. The molecule has 0 radical (unpaired) electrons. The topological polar surface area (TPSA) is 38.5 Å². The lowest BCUT2D eigenvalue weighted by Crippen LogP contribution is -2.22. The van der Waals surface area contributed by atoms with E-state index in [1.165, 1.54) is 17.7 Å². The smallest absolute Gasteiger partial charge is 0.0633 e. The van der Waals surface area contributed by atoms with Crippen molar-refractivity contribution in [1.29, 1.82) is 0 Å². The Morgan fingerprint density at radius 2 is 2.25 bits per heavy atom. The van der Waals surface area contributed by atoms with Crippen LogP contribution >= 0.6 is 0 Å². The van der Waals surface area contributed by atoms with Crippen LogP contribution in [0.15, 0.2) is 18.2 Å². The van der Waals surface area contributed by atoms with E-state index in [2.05, 4.69) is 11.0 Å². The summed E-state index contributed by atoms with van der Waals surface area (Å²) < 4.78 is 5.06. The molecule has 0 aliphatic carbocycles. The minimum atomic E-state index is 0.852. The molecule has 0 unspecified atom stereocenters. The highest BCUT2D eigenvalue weighted by molar-refractivity contribution is 5.74. The maximum atomic E-state index is 6.03. The molecule has 0 fully saturated rings. The number of nitrogens with zero attached hydrogens (tertiary/aromatic N) is 1. The van der Waals surface area contributed by atoms with Crippen LogP contribution in [0.2, 0.25) is 0 Å². The summed E-state index contributed by atoms with van der Waals surface area (Å²) in [6.45, 7) is 3.05. The first kappa shape index (κ1) is 11.3. The molecular formula is C13H20N2O. The summed E-state index contributed by atoms with van der Waals surface area (Å²) in [6.07, 6.45) is 3.42. The average Bonchev–Trinajstić information content (AvgIpc) is 2.69. The number of hydrogen-bond acceptors (Lipinski definition) is 3. The van der Waals surface area contributed by atoms with E-state index < -0.39 is 0 Å². The van der Waals surface area contributed by atoms with Gasteiger partial charge in [0, 0.05) is 26.8 Å². The number of ether oxygens (including phenoxy) is 1. The summed E-state index contributed by atoms with van der Waals surface area (Å²) in [7, 11) is 1.75. The van der Waals surface area contributed by atoms with Gasteiger partial charge in [0.25, 0.3) is 0 Å². The molecule has 0 amide bonds. The van der Waals surface area contributed by atoms with Gasteiger partial charge in [-0.3, -0.25) is 0 Å². The van der Waals surface area contributed by atoms with Crippen molar-refractivity contribution >= 4 is 11.4 Å². The fraction of sp³-hybridized carbons (Fsp3) is 0.538. The Hall–Kier alpha value is -1.22. The third kappa shape index (κ3) is 2.30. The number of nitrogen functional groups attached to an aromatic ring is 1. The third-order valence-corrected chi connectivity index (χ3v) is 3.14. The van der Waals surface area contributed by atoms with E-state index in [1.807, 2.05) is 12.1 Å². The van der Waals surface area contributed by atoms with Crippen molar-refractivity contribution in [2.24, 2.45) is 0 Å². The van der Waals surface area contributed by atoms with E-state index >= 15 is 0 Å². The van der Waals surface area contributed by atoms with Gasteiger partial charge >= 0.3 is 0 Å². The lowest BCUT2D eigenvalue weighted by atomic mass is 10.1. The zero-order valence-corrected chi connectivity index (χ0v) is 9.91. The van der Waals surface area contributed by atoms with Crippen molar-refractivity contribution in [2.45, 2.75) is 19.3 Å². The molecule has 0 atom stereocenters. The third-order valence-electron chi connectivity index (χ3n) is 3.14. The predicted octanol–water partition coefficient (Wildman–Crippen LogP) is 2.06. The Morgan fingerprint density at radius 3 is 3.06 bits per heavy atom. The molecule has 0 spiro atoms. The van der Waals surface area contributed by atoms with Crippen molar-refractivity contribution in [3.05, 3.63) is 23.8 Å². The van der Waals surface area contributed by atoms with Crippen LogP contribution in [0, 0.1) is 0 Å². The molecule has 3 heteroatoms. The summed E-state index contributed by atoms with van der Waals surface area (Å²) >= 11 is 0. The van der Waals surface area contributed by atoms with Gasteiger partial charge in [-0.2, -0.15) is 0 Å². The highest BCUT2D eigenvalue weighted by atomic mass is 16.5. The van der Waals surface area contributed by atoms with Crippen LogP contribution in [0.3, 0.4) is 0 Å². The first-order valence-corrected chi connectivity index (χ1v) is 5.94. The number of benzene rings is 1. The zero-order valence-electron chi connectivity index (χ0n) is 9.91. The Labute approximate surface area is 97.2 Å². The molecule has 16 heavy (non-hydrogen) atoms. The van der Waals surface area contributed by atoms with Crippen LogP contribution < -0.4 is 10.6 Å². The summed E-state index contributed by atoms with van der Waals surface area (Å²) in [4.78, 5) is 2.40. The number of methoxy groups -OCH3 is 1. The van der Waals surface area contributed by atoms with E-state index in [-0.39, 0.29) is 0 Å². The van der Waals surface area contributed by atoms with Crippen LogP contribution in [0.4, 0.5) is 11.4 Å². The maximum absolute atomic E-state index is 6.03. The monoisotopic (exact) mass is 220 g/mol. The normalized spacial score (nSPS) is 14.2. The summed E-state index contributed by atoms with van der Waals surface area (Å²) in [6, 6.07) is 6.22. The molecule has 0 saturated heterocycles. The highest BCUT2D eigenvalue weighted by Gasteiger charge is 2.20. The van der Waals surface area contributed by atoms with Gasteiger partial charge in [-0.25, -0.2) is 0 Å². The van der Waals surface area contributed by atoms with E-state index in [0.29, 0.717) is 0 Å². The van der Waals surface area contributed by atoms with Crippen LogP contribution in [0.5, 0.6) is 0 Å². The zero-order chi connectivity index (χ0) is 11.4. The molecule has 0 bridgehead atoms. The van der Waals surface area contributed by atoms with Crippen LogP contribution in [0.25, 0.3) is 0 Å². The number of fused-ring (bicyclic) bond motifs is 1. The number of anilines is 2. The molecule has 1 aromatic rings. The fourth-order valence-electron chi connectivity index (χ4n) is 2.34. The van der Waals surface area contributed by atoms with Crippen LogP contribution in [0.1, 0.15) is 18.4 Å². The quantitative estimate of drug-likeness (QED) is 0.609. The highest BCUT2D eigenvalue weighted by Crippen LogP contribution is 2.33. The Kier molecular flexibility index (Phi) is 3.67. The fourth-order valence-corrected chi connectivity index (χ4v) is 2.34. The minimum Gasteiger partial charge on any atom is -0.397 e. The van der Waals surface area contributed by atoms with Crippen LogP contribution in [-0.2, 0) is 11.2 Å². The summed E-state index contributed by atoms with van der Waals surface area (Å²) in [5.74, 6) is 0. The lowest BCUT2D eigenvalue weighted by Gasteiger charge is -2.20. The van der Waals surface area contributed by atoms with E-state index in [1.54, 1.807) is 7.11 Å². The number of unbranched alkanes of at least 4 members (excludes halogenated alkanes) is 1. The molecule has 1 aliphatic rings. The molecule has 1 aliphatic heterocycles. The van der Waals surface area contributed by atoms with Gasteiger partial charge in [0.15, 0.2) is 0 Å². The van der Waals surface area contributed by atoms with Gasteiger partial charge in [0.05, 0.1) is 11.4 Å². The van der Waals surface area contributed by atoms with Crippen molar-refractivity contribution < 1.29 is 4.74 Å². The molecule has 0 saturated carbocycles. The van der Waals surface area contributed by atoms with Crippen molar-refractivity contribution in [3.8, 4) is 0 Å². The van der Waals surface area contributed by atoms with Gasteiger partial charge in [-0.1, -0.05) is 12.1 Å². The lowest BCUT2D eigenvalue weighted by molar-refractivity contribution is 0.193. The van der Waals surface area contributed by atoms with E-state index in [4.69, 9.17) is 10.5 Å². The van der Waals surface area contributed by atoms with E-state index in [0.717, 1.165) is 38.2 Å². The number of para-hydroxylation sites is 1. The standard InChI is InChI=1S/C13H20N2O/c1-16-10-3-2-8-15-9-7-11-5-4-6-12(14)13(11)15/h4-6H,2-3,7-10,14H2,1H3. The molecule has 0 aromatic heterocycles. The number of hydrogen-bond donors (Lipinski definition) is 1. The summed E-state index contributed by atoms with van der Waals surface area (Å²) in [5, 5.41) is 0. The van der Waals surface area contributed by atoms with Gasteiger partial charge < -0.3 is 15.4 Å². The predicted molar refractivity (Wildman–Crippen MR) is 67.9 cm³/mol. The SMILES string of the molecule is COCCCCN1CCc2cccc(N)c21. The van der Waals surface area contributed by atoms with E-state index in [9.17, 15) is 0 Å². The number of nitrogens with two attached hydrogens (primary N) is 1. The molecule has 1 heterocycles. The molecule has 2 rings (SSSR count). The van der Waals surface area contributed by atoms with Gasteiger partial charge in [0.2, 0.25) is 0 Å². The Morgan fingerprint density at radius 1 is 1.38 bits per heavy atom. The molecular weight excluding hydrogens is 200 g/mol. The van der Waals surface area contributed by atoms with Gasteiger partial charge in [-0.15, -0.1) is 0 Å². The van der Waals surface area contributed by atoms with Crippen molar-refractivity contribution in [3.63, 3.8) is 0 Å². The molecule has 1 aromatic carbocycles. The Bertz CT molecular complexity index is 352. The summed E-state index contributed by atoms with van der Waals surface area (Å²) in [5.41, 5.74) is 9.60. The minimum absolute atomic E-state index is 0.852. The first-order valence-electron chi connectivity index (χ1n) is 5.94. The molecule has 2 N–H and O–H groups in total. The molecule has 3 nitrogen and oxygen atoms in total.